The van der Waals surface area contributed by atoms with Gasteiger partial charge in [-0.25, -0.2) is 0 Å². The molecule has 0 atom stereocenters. The van der Waals surface area contributed by atoms with Crippen molar-refractivity contribution in [1.82, 2.24) is 14.8 Å². The number of hydrogen-bond acceptors (Lipinski definition) is 2. The summed E-state index contributed by atoms with van der Waals surface area (Å²) < 4.78 is 2.04. The van der Waals surface area contributed by atoms with E-state index in [1.165, 1.54) is 0 Å². The first kappa shape index (κ1) is 20.8. The molecule has 0 radical (unpaired) electrons. The molecule has 0 fully saturated rings. The van der Waals surface area contributed by atoms with Crippen LogP contribution in [0.3, 0.4) is 0 Å². The van der Waals surface area contributed by atoms with Gasteiger partial charge in [0.1, 0.15) is 0 Å². The van der Waals surface area contributed by atoms with Gasteiger partial charge in [-0.15, -0.1) is 0 Å². The molecule has 0 saturated heterocycles. The number of nitrogens with zero attached hydrogens (tertiary/aromatic N) is 3. The minimum absolute atomic E-state index is 0.0740. The number of rotatable bonds is 9. The van der Waals surface area contributed by atoms with Gasteiger partial charge >= 0.3 is 0 Å². The topological polar surface area (TPSA) is 52.8 Å². The molecular formula is C18H33ClN4O. The number of aliphatic hydroxyl groups excluding tert-OH is 1. The van der Waals surface area contributed by atoms with E-state index >= 15 is 0 Å². The Kier molecular flexibility index (Phi) is 8.63. The Bertz CT molecular complexity index is 523. The van der Waals surface area contributed by atoms with E-state index in [1.807, 2.05) is 30.9 Å². The summed E-state index contributed by atoms with van der Waals surface area (Å²) in [7, 11) is 4.04. The molecule has 0 spiro atoms. The number of aromatic nitrogens is 1. The Morgan fingerprint density at radius 1 is 1.38 bits per heavy atom. The highest BCUT2D eigenvalue weighted by molar-refractivity contribution is 6.30. The first-order valence-electron chi connectivity index (χ1n) is 8.82. The van der Waals surface area contributed by atoms with E-state index in [0.717, 1.165) is 55.6 Å². The Labute approximate surface area is 151 Å². The summed E-state index contributed by atoms with van der Waals surface area (Å²) in [6.07, 6.45) is 4.74. The van der Waals surface area contributed by atoms with Crippen LogP contribution in [0, 0.1) is 5.41 Å². The monoisotopic (exact) mass is 356 g/mol. The normalized spacial score (nSPS) is 12.5. The fourth-order valence-corrected chi connectivity index (χ4v) is 3.17. The summed E-state index contributed by atoms with van der Waals surface area (Å²) in [5.41, 5.74) is 1.21. The van der Waals surface area contributed by atoms with E-state index in [1.54, 1.807) is 0 Å². The SMILES string of the molecule is CCNC(=NCC(CC)(CC)CCO)N(C)Cc1cc(Cl)cn1C. The molecule has 2 N–H and O–H groups in total. The van der Waals surface area contributed by atoms with Crippen LogP contribution in [-0.2, 0) is 13.6 Å². The lowest BCUT2D eigenvalue weighted by Crippen LogP contribution is -2.40. The van der Waals surface area contributed by atoms with Gasteiger partial charge in [-0.1, -0.05) is 25.4 Å². The Hall–Kier alpha value is -1.20. The van der Waals surface area contributed by atoms with Crippen LogP contribution >= 0.6 is 11.6 Å². The van der Waals surface area contributed by atoms with Gasteiger partial charge in [0.05, 0.1) is 11.6 Å². The maximum atomic E-state index is 9.38. The van der Waals surface area contributed by atoms with E-state index in [9.17, 15) is 5.11 Å². The fourth-order valence-electron chi connectivity index (χ4n) is 2.90. The van der Waals surface area contributed by atoms with Crippen LogP contribution in [0.4, 0.5) is 0 Å². The summed E-state index contributed by atoms with van der Waals surface area (Å²) in [5.74, 6) is 0.888. The maximum Gasteiger partial charge on any atom is 0.194 e. The van der Waals surface area contributed by atoms with E-state index < -0.39 is 0 Å². The lowest BCUT2D eigenvalue weighted by molar-refractivity contribution is 0.175. The highest BCUT2D eigenvalue weighted by Crippen LogP contribution is 2.30. The Balaban J connectivity index is 2.88. The molecule has 6 heteroatoms. The predicted molar refractivity (Wildman–Crippen MR) is 103 cm³/mol. The average Bonchev–Trinajstić information content (AvgIpc) is 2.87. The molecule has 0 saturated carbocycles. The standard InChI is InChI=1S/C18H33ClN4O/c1-6-18(7-2,9-10-24)14-21-17(20-8-3)23(5)13-16-11-15(19)12-22(16)4/h11-12,24H,6-10,13-14H2,1-5H3,(H,20,21). The second-order valence-corrected chi connectivity index (χ2v) is 6.90. The number of aliphatic hydroxyl groups is 1. The van der Waals surface area contributed by atoms with Crippen molar-refractivity contribution in [3.63, 3.8) is 0 Å². The second-order valence-electron chi connectivity index (χ2n) is 6.47. The van der Waals surface area contributed by atoms with Gasteiger partial charge in [0.15, 0.2) is 5.96 Å². The molecule has 5 nitrogen and oxygen atoms in total. The number of aryl methyl sites for hydroxylation is 1. The third kappa shape index (κ3) is 5.71. The summed E-state index contributed by atoms with van der Waals surface area (Å²) in [5, 5.41) is 13.5. The smallest absolute Gasteiger partial charge is 0.194 e. The molecule has 0 aromatic carbocycles. The molecule has 1 aromatic heterocycles. The van der Waals surface area contributed by atoms with Crippen molar-refractivity contribution in [3.05, 3.63) is 23.0 Å². The van der Waals surface area contributed by atoms with Crippen molar-refractivity contribution in [3.8, 4) is 0 Å². The van der Waals surface area contributed by atoms with Gasteiger partial charge in [-0.05, 0) is 37.7 Å². The van der Waals surface area contributed by atoms with E-state index in [0.29, 0.717) is 0 Å². The van der Waals surface area contributed by atoms with Crippen molar-refractivity contribution in [2.75, 3.05) is 26.7 Å². The largest absolute Gasteiger partial charge is 0.396 e. The van der Waals surface area contributed by atoms with Crippen molar-refractivity contribution in [2.45, 2.75) is 46.6 Å². The third-order valence-electron chi connectivity index (χ3n) is 4.88. The van der Waals surface area contributed by atoms with Crippen molar-refractivity contribution in [1.29, 1.82) is 0 Å². The molecule has 0 aliphatic carbocycles. The van der Waals surface area contributed by atoms with Crippen molar-refractivity contribution in [2.24, 2.45) is 17.5 Å². The van der Waals surface area contributed by atoms with Gasteiger partial charge in [0, 0.05) is 45.7 Å². The Morgan fingerprint density at radius 2 is 2.04 bits per heavy atom. The van der Waals surface area contributed by atoms with Crippen molar-refractivity contribution < 1.29 is 5.11 Å². The number of hydrogen-bond donors (Lipinski definition) is 2. The molecule has 0 bridgehead atoms. The molecule has 1 aromatic rings. The Morgan fingerprint density at radius 3 is 2.50 bits per heavy atom. The minimum Gasteiger partial charge on any atom is -0.396 e. The number of guanidine groups is 1. The molecule has 0 aliphatic heterocycles. The number of halogens is 1. The fraction of sp³-hybridized carbons (Fsp3) is 0.722. The van der Waals surface area contributed by atoms with Crippen LogP contribution in [-0.4, -0.2) is 47.3 Å². The quantitative estimate of drug-likeness (QED) is 0.527. The van der Waals surface area contributed by atoms with Crippen LogP contribution in [0.15, 0.2) is 17.3 Å². The highest BCUT2D eigenvalue weighted by Gasteiger charge is 2.25. The predicted octanol–water partition coefficient (Wildman–Crippen LogP) is 3.26. The van der Waals surface area contributed by atoms with Gasteiger partial charge in [0.25, 0.3) is 0 Å². The average molecular weight is 357 g/mol. The third-order valence-corrected chi connectivity index (χ3v) is 5.08. The van der Waals surface area contributed by atoms with Gasteiger partial charge in [0.2, 0.25) is 0 Å². The summed E-state index contributed by atoms with van der Waals surface area (Å²) in [6.45, 7) is 8.92. The molecular weight excluding hydrogens is 324 g/mol. The minimum atomic E-state index is 0.0740. The molecule has 0 unspecified atom stereocenters. The number of aliphatic imine (C=N–C) groups is 1. The first-order valence-corrected chi connectivity index (χ1v) is 9.20. The van der Waals surface area contributed by atoms with Crippen LogP contribution in [0.2, 0.25) is 5.02 Å². The van der Waals surface area contributed by atoms with Crippen LogP contribution in [0.5, 0.6) is 0 Å². The lowest BCUT2D eigenvalue weighted by Gasteiger charge is -2.30. The van der Waals surface area contributed by atoms with E-state index in [2.05, 4.69) is 31.0 Å². The molecule has 0 aliphatic rings. The van der Waals surface area contributed by atoms with Gasteiger partial charge < -0.3 is 19.9 Å². The van der Waals surface area contributed by atoms with Crippen LogP contribution in [0.25, 0.3) is 0 Å². The molecule has 1 rings (SSSR count). The number of nitrogens with one attached hydrogen (secondary N) is 1. The molecule has 0 amide bonds. The zero-order valence-electron chi connectivity index (χ0n) is 15.8. The second kappa shape index (κ2) is 9.94. The zero-order valence-corrected chi connectivity index (χ0v) is 16.5. The molecule has 24 heavy (non-hydrogen) atoms. The zero-order chi connectivity index (χ0) is 18.2. The van der Waals surface area contributed by atoms with Gasteiger partial charge in [-0.2, -0.15) is 0 Å². The summed E-state index contributed by atoms with van der Waals surface area (Å²) in [4.78, 5) is 6.97. The van der Waals surface area contributed by atoms with E-state index in [4.69, 9.17) is 16.6 Å². The highest BCUT2D eigenvalue weighted by atomic mass is 35.5. The molecule has 1 heterocycles. The van der Waals surface area contributed by atoms with Gasteiger partial charge in [-0.3, -0.25) is 4.99 Å². The molecule has 138 valence electrons. The van der Waals surface area contributed by atoms with Crippen LogP contribution in [0.1, 0.15) is 45.7 Å². The lowest BCUT2D eigenvalue weighted by atomic mass is 9.79. The maximum absolute atomic E-state index is 9.38. The van der Waals surface area contributed by atoms with Crippen LogP contribution < -0.4 is 5.32 Å². The summed E-state index contributed by atoms with van der Waals surface area (Å²) >= 11 is 6.07. The van der Waals surface area contributed by atoms with E-state index in [-0.39, 0.29) is 12.0 Å². The summed E-state index contributed by atoms with van der Waals surface area (Å²) in [6, 6.07) is 1.98. The first-order chi connectivity index (χ1) is 11.4. The van der Waals surface area contributed by atoms with Crippen molar-refractivity contribution >= 4 is 17.6 Å².